The van der Waals surface area contributed by atoms with Gasteiger partial charge < -0.3 is 9.47 Å². The summed E-state index contributed by atoms with van der Waals surface area (Å²) in [6, 6.07) is 13.1. The van der Waals surface area contributed by atoms with Gasteiger partial charge in [0.1, 0.15) is 25.0 Å². The van der Waals surface area contributed by atoms with E-state index in [0.717, 1.165) is 50.5 Å². The van der Waals surface area contributed by atoms with Crippen molar-refractivity contribution in [2.45, 2.75) is 50.3 Å². The van der Waals surface area contributed by atoms with Gasteiger partial charge in [0.15, 0.2) is 0 Å². The molecule has 2 heterocycles. The SMILES string of the molecule is CC(S)CCN1COc2ccc(-c3ccc4c(c3)CN(CCC(C)S)CO4)cc2C1. The van der Waals surface area contributed by atoms with Crippen molar-refractivity contribution >= 4 is 25.3 Å². The van der Waals surface area contributed by atoms with Gasteiger partial charge in [0, 0.05) is 47.8 Å². The minimum atomic E-state index is 0.408. The molecule has 0 amide bonds. The summed E-state index contributed by atoms with van der Waals surface area (Å²) in [6.45, 7) is 9.45. The third-order valence-corrected chi connectivity index (χ3v) is 6.29. The molecular weight excluding hydrogens is 412 g/mol. The minimum absolute atomic E-state index is 0.408. The van der Waals surface area contributed by atoms with Crippen LogP contribution in [0.3, 0.4) is 0 Å². The third-order valence-electron chi connectivity index (χ3n) is 5.77. The molecule has 0 aromatic heterocycles. The number of fused-ring (bicyclic) bond motifs is 2. The molecule has 4 nitrogen and oxygen atoms in total. The van der Waals surface area contributed by atoms with Gasteiger partial charge in [-0.15, -0.1) is 0 Å². The third kappa shape index (κ3) is 5.47. The number of hydrogen-bond acceptors (Lipinski definition) is 6. The Labute approximate surface area is 191 Å². The van der Waals surface area contributed by atoms with E-state index in [2.05, 4.69) is 85.3 Å². The number of nitrogens with zero attached hydrogens (tertiary/aromatic N) is 2. The van der Waals surface area contributed by atoms with Gasteiger partial charge in [-0.1, -0.05) is 26.0 Å². The Morgan fingerprint density at radius 1 is 0.767 bits per heavy atom. The van der Waals surface area contributed by atoms with E-state index in [-0.39, 0.29) is 0 Å². The zero-order chi connectivity index (χ0) is 21.1. The van der Waals surface area contributed by atoms with Gasteiger partial charge >= 0.3 is 0 Å². The van der Waals surface area contributed by atoms with Crippen LogP contribution < -0.4 is 9.47 Å². The molecule has 0 fully saturated rings. The molecule has 2 atom stereocenters. The van der Waals surface area contributed by atoms with E-state index in [1.54, 1.807) is 0 Å². The highest BCUT2D eigenvalue weighted by Crippen LogP contribution is 2.34. The Bertz CT molecular complexity index is 801. The number of rotatable bonds is 7. The summed E-state index contributed by atoms with van der Waals surface area (Å²) < 4.78 is 12.0. The van der Waals surface area contributed by atoms with Crippen LogP contribution in [0.2, 0.25) is 0 Å². The predicted octanol–water partition coefficient (Wildman–Crippen LogP) is 5.07. The van der Waals surface area contributed by atoms with Crippen molar-refractivity contribution in [3.8, 4) is 22.6 Å². The Morgan fingerprint density at radius 3 is 1.60 bits per heavy atom. The van der Waals surface area contributed by atoms with E-state index in [9.17, 15) is 0 Å². The maximum absolute atomic E-state index is 5.98. The van der Waals surface area contributed by atoms with Crippen LogP contribution in [0.25, 0.3) is 11.1 Å². The Kier molecular flexibility index (Phi) is 7.19. The van der Waals surface area contributed by atoms with Crippen LogP contribution in [0.15, 0.2) is 36.4 Å². The molecule has 2 aromatic rings. The topological polar surface area (TPSA) is 24.9 Å². The fraction of sp³-hybridized carbons (Fsp3) is 0.500. The van der Waals surface area contributed by atoms with Crippen LogP contribution in [-0.4, -0.2) is 46.9 Å². The zero-order valence-corrected chi connectivity index (χ0v) is 19.7. The Morgan fingerprint density at radius 2 is 1.20 bits per heavy atom. The molecule has 2 aliphatic rings. The first-order valence-corrected chi connectivity index (χ1v) is 11.8. The first-order chi connectivity index (χ1) is 14.5. The monoisotopic (exact) mass is 444 g/mol. The average Bonchev–Trinajstić information content (AvgIpc) is 2.75. The van der Waals surface area contributed by atoms with Crippen molar-refractivity contribution in [3.63, 3.8) is 0 Å². The lowest BCUT2D eigenvalue weighted by Crippen LogP contribution is -2.33. The van der Waals surface area contributed by atoms with Crippen LogP contribution in [0, 0.1) is 0 Å². The Balaban J connectivity index is 1.49. The number of benzene rings is 2. The lowest BCUT2D eigenvalue weighted by atomic mass is 9.99. The van der Waals surface area contributed by atoms with Crippen molar-refractivity contribution in [2.24, 2.45) is 0 Å². The lowest BCUT2D eigenvalue weighted by molar-refractivity contribution is 0.0943. The molecule has 2 unspecified atom stereocenters. The highest BCUT2D eigenvalue weighted by Gasteiger charge is 2.20. The second-order valence-corrected chi connectivity index (χ2v) is 10.3. The molecule has 0 saturated carbocycles. The van der Waals surface area contributed by atoms with Crippen LogP contribution >= 0.6 is 25.3 Å². The summed E-state index contributed by atoms with van der Waals surface area (Å²) >= 11 is 9.00. The van der Waals surface area contributed by atoms with Gasteiger partial charge in [-0.3, -0.25) is 9.80 Å². The molecule has 0 N–H and O–H groups in total. The summed E-state index contributed by atoms with van der Waals surface area (Å²) in [7, 11) is 0. The van der Waals surface area contributed by atoms with Gasteiger partial charge in [-0.25, -0.2) is 0 Å². The van der Waals surface area contributed by atoms with Crippen LogP contribution in [0.5, 0.6) is 11.5 Å². The van der Waals surface area contributed by atoms with Gasteiger partial charge in [-0.05, 0) is 48.2 Å². The molecule has 4 rings (SSSR count). The second kappa shape index (κ2) is 9.86. The van der Waals surface area contributed by atoms with Crippen LogP contribution in [0.4, 0.5) is 0 Å². The summed E-state index contributed by atoms with van der Waals surface area (Å²) in [5.41, 5.74) is 4.96. The molecule has 0 saturated heterocycles. The lowest BCUT2D eigenvalue weighted by Gasteiger charge is -2.30. The van der Waals surface area contributed by atoms with E-state index in [0.29, 0.717) is 24.0 Å². The van der Waals surface area contributed by atoms with Crippen LogP contribution in [0.1, 0.15) is 37.8 Å². The summed E-state index contributed by atoms with van der Waals surface area (Å²) in [6.07, 6.45) is 2.13. The molecule has 0 spiro atoms. The predicted molar refractivity (Wildman–Crippen MR) is 130 cm³/mol. The van der Waals surface area contributed by atoms with Crippen molar-refractivity contribution in [1.82, 2.24) is 9.80 Å². The number of hydrogen-bond donors (Lipinski definition) is 2. The van der Waals surface area contributed by atoms with E-state index in [1.807, 2.05) is 0 Å². The van der Waals surface area contributed by atoms with Crippen molar-refractivity contribution < 1.29 is 9.47 Å². The molecule has 6 heteroatoms. The average molecular weight is 445 g/mol. The fourth-order valence-electron chi connectivity index (χ4n) is 3.97. The highest BCUT2D eigenvalue weighted by molar-refractivity contribution is 7.81. The van der Waals surface area contributed by atoms with Gasteiger partial charge in [-0.2, -0.15) is 25.3 Å². The van der Waals surface area contributed by atoms with E-state index >= 15 is 0 Å². The van der Waals surface area contributed by atoms with Crippen molar-refractivity contribution in [1.29, 1.82) is 0 Å². The molecule has 2 aromatic carbocycles. The molecule has 2 aliphatic heterocycles. The van der Waals surface area contributed by atoms with E-state index in [4.69, 9.17) is 9.47 Å². The zero-order valence-electron chi connectivity index (χ0n) is 17.9. The highest BCUT2D eigenvalue weighted by atomic mass is 32.1. The molecule has 0 bridgehead atoms. The van der Waals surface area contributed by atoms with E-state index in [1.165, 1.54) is 22.3 Å². The minimum Gasteiger partial charge on any atom is -0.478 e. The van der Waals surface area contributed by atoms with Gasteiger partial charge in [0.05, 0.1) is 0 Å². The summed E-state index contributed by atoms with van der Waals surface area (Å²) in [5, 5.41) is 0.817. The van der Waals surface area contributed by atoms with Crippen LogP contribution in [-0.2, 0) is 13.1 Å². The summed E-state index contributed by atoms with van der Waals surface area (Å²) in [5.74, 6) is 2.00. The molecule has 162 valence electrons. The summed E-state index contributed by atoms with van der Waals surface area (Å²) in [4.78, 5) is 4.69. The van der Waals surface area contributed by atoms with E-state index < -0.39 is 0 Å². The first kappa shape index (κ1) is 21.9. The second-order valence-electron chi connectivity index (χ2n) is 8.57. The quantitative estimate of drug-likeness (QED) is 0.582. The number of ether oxygens (including phenoxy) is 2. The number of thiol groups is 2. The van der Waals surface area contributed by atoms with Crippen molar-refractivity contribution in [3.05, 3.63) is 47.5 Å². The largest absolute Gasteiger partial charge is 0.478 e. The molecule has 30 heavy (non-hydrogen) atoms. The molecule has 0 radical (unpaired) electrons. The molecular formula is C24H32N2O2S2. The van der Waals surface area contributed by atoms with Crippen molar-refractivity contribution in [2.75, 3.05) is 26.6 Å². The standard InChI is InChI=1S/C24H32N2O2S2/c1-17(29)7-9-25-13-21-11-19(3-5-23(21)27-15-25)20-4-6-24-22(12-20)14-26(16-28-24)10-8-18(2)30/h3-6,11-12,17-18,29-30H,7-10,13-16H2,1-2H3. The Hall–Kier alpha value is -1.34. The smallest absolute Gasteiger partial charge is 0.142 e. The van der Waals surface area contributed by atoms with Gasteiger partial charge in [0.25, 0.3) is 0 Å². The maximum Gasteiger partial charge on any atom is 0.142 e. The normalized spacial score (nSPS) is 18.7. The molecule has 0 aliphatic carbocycles. The van der Waals surface area contributed by atoms with Gasteiger partial charge in [0.2, 0.25) is 0 Å². The first-order valence-electron chi connectivity index (χ1n) is 10.8. The fourth-order valence-corrected chi connectivity index (χ4v) is 4.20. The maximum atomic E-state index is 5.98.